The van der Waals surface area contributed by atoms with Crippen molar-refractivity contribution >= 4 is 16.8 Å². The Kier molecular flexibility index (Phi) is 7.02. The summed E-state index contributed by atoms with van der Waals surface area (Å²) in [7, 11) is 1.81. The third-order valence-electron chi connectivity index (χ3n) is 11.1. The van der Waals surface area contributed by atoms with Crippen molar-refractivity contribution in [2.45, 2.75) is 91.2 Å². The molecular formula is C30H44FN3O3. The SMILES string of the molecule is CC[C@@](C)(O)C[C@@H]1CC[C@@H]2[C@H](CC[C@]3(C)[C@@H](C(=O)Cn4nc5cccc(F)c5n4)CC[C@@H]23)[C@]1(C)COC. The molecule has 2 aromatic rings. The smallest absolute Gasteiger partial charge is 0.159 e. The first-order valence-electron chi connectivity index (χ1n) is 14.3. The van der Waals surface area contributed by atoms with Crippen molar-refractivity contribution in [1.29, 1.82) is 0 Å². The van der Waals surface area contributed by atoms with Crippen LogP contribution in [0.3, 0.4) is 0 Å². The number of Topliss-reactive ketones (excluding diaryl/α,β-unsaturated/α-hetero) is 1. The van der Waals surface area contributed by atoms with Gasteiger partial charge in [-0.15, -0.1) is 5.10 Å². The monoisotopic (exact) mass is 513 g/mol. The summed E-state index contributed by atoms with van der Waals surface area (Å²) >= 11 is 0. The molecule has 1 aromatic heterocycles. The minimum absolute atomic E-state index is 0.00959. The number of fused-ring (bicyclic) bond motifs is 4. The van der Waals surface area contributed by atoms with Gasteiger partial charge in [-0.1, -0.05) is 26.8 Å². The topological polar surface area (TPSA) is 77.2 Å². The second-order valence-corrected chi connectivity index (χ2v) is 13.1. The van der Waals surface area contributed by atoms with Crippen molar-refractivity contribution in [3.63, 3.8) is 0 Å². The number of nitrogens with zero attached hydrogens (tertiary/aromatic N) is 3. The molecule has 0 spiro atoms. The third-order valence-corrected chi connectivity index (χ3v) is 11.1. The van der Waals surface area contributed by atoms with Crippen LogP contribution in [0, 0.1) is 46.2 Å². The minimum Gasteiger partial charge on any atom is -0.390 e. The molecular weight excluding hydrogens is 469 g/mol. The number of hydrogen-bond acceptors (Lipinski definition) is 5. The third kappa shape index (κ3) is 4.54. The lowest BCUT2D eigenvalue weighted by Gasteiger charge is -2.59. The van der Waals surface area contributed by atoms with Crippen molar-refractivity contribution < 1.29 is 19.0 Å². The van der Waals surface area contributed by atoms with E-state index >= 15 is 0 Å². The number of methoxy groups -OCH3 is 1. The number of aliphatic hydroxyl groups is 1. The molecule has 1 aromatic carbocycles. The fourth-order valence-corrected chi connectivity index (χ4v) is 8.88. The van der Waals surface area contributed by atoms with E-state index in [1.54, 1.807) is 19.2 Å². The van der Waals surface area contributed by atoms with Crippen LogP contribution in [0.5, 0.6) is 0 Å². The fraction of sp³-hybridized carbons (Fsp3) is 0.767. The van der Waals surface area contributed by atoms with E-state index in [0.717, 1.165) is 51.6 Å². The van der Waals surface area contributed by atoms with E-state index in [0.29, 0.717) is 29.2 Å². The zero-order valence-electron chi connectivity index (χ0n) is 23.2. The molecule has 0 unspecified atom stereocenters. The molecule has 0 amide bonds. The maximum atomic E-state index is 14.1. The van der Waals surface area contributed by atoms with Gasteiger partial charge in [0.1, 0.15) is 17.6 Å². The Hall–Kier alpha value is -1.86. The summed E-state index contributed by atoms with van der Waals surface area (Å²) in [5.41, 5.74) is 0.0759. The molecule has 37 heavy (non-hydrogen) atoms. The zero-order chi connectivity index (χ0) is 26.6. The van der Waals surface area contributed by atoms with E-state index in [2.05, 4.69) is 31.0 Å². The van der Waals surface area contributed by atoms with Crippen LogP contribution in [0.4, 0.5) is 4.39 Å². The molecule has 7 heteroatoms. The molecule has 3 aliphatic rings. The molecule has 0 bridgehead atoms. The molecule has 3 saturated carbocycles. The molecule has 1 heterocycles. The van der Waals surface area contributed by atoms with Gasteiger partial charge >= 0.3 is 0 Å². The van der Waals surface area contributed by atoms with E-state index < -0.39 is 11.4 Å². The molecule has 0 aliphatic heterocycles. The zero-order valence-corrected chi connectivity index (χ0v) is 23.2. The Bertz CT molecular complexity index is 1150. The van der Waals surface area contributed by atoms with E-state index in [1.165, 1.54) is 17.3 Å². The summed E-state index contributed by atoms with van der Waals surface area (Å²) in [6.45, 7) is 9.61. The average molecular weight is 514 g/mol. The lowest BCUT2D eigenvalue weighted by atomic mass is 9.46. The van der Waals surface area contributed by atoms with Gasteiger partial charge in [0, 0.05) is 13.0 Å². The Labute approximate surface area is 220 Å². The molecule has 3 aliphatic carbocycles. The molecule has 0 saturated heterocycles. The van der Waals surface area contributed by atoms with Gasteiger partial charge < -0.3 is 9.84 Å². The van der Waals surface area contributed by atoms with Gasteiger partial charge in [0.2, 0.25) is 0 Å². The first-order chi connectivity index (χ1) is 17.5. The van der Waals surface area contributed by atoms with E-state index in [4.69, 9.17) is 4.74 Å². The maximum Gasteiger partial charge on any atom is 0.159 e. The predicted octanol–water partition coefficient (Wildman–Crippen LogP) is 5.81. The number of ketones is 1. The van der Waals surface area contributed by atoms with Crippen LogP contribution in [0.1, 0.15) is 79.1 Å². The maximum absolute atomic E-state index is 14.1. The number of carbonyl (C=O) groups excluding carboxylic acids is 1. The lowest BCUT2D eigenvalue weighted by Crippen LogP contribution is -2.55. The van der Waals surface area contributed by atoms with Gasteiger partial charge in [0.15, 0.2) is 11.6 Å². The van der Waals surface area contributed by atoms with Crippen molar-refractivity contribution in [2.24, 2.45) is 40.4 Å². The van der Waals surface area contributed by atoms with Crippen LogP contribution in [0.2, 0.25) is 0 Å². The first-order valence-corrected chi connectivity index (χ1v) is 14.3. The largest absolute Gasteiger partial charge is 0.390 e. The van der Waals surface area contributed by atoms with Crippen LogP contribution >= 0.6 is 0 Å². The molecule has 204 valence electrons. The van der Waals surface area contributed by atoms with Gasteiger partial charge in [-0.05, 0) is 105 Å². The van der Waals surface area contributed by atoms with E-state index in [1.807, 2.05) is 6.92 Å². The van der Waals surface area contributed by atoms with Gasteiger partial charge in [0.25, 0.3) is 0 Å². The first kappa shape index (κ1) is 26.7. The van der Waals surface area contributed by atoms with Crippen molar-refractivity contribution in [1.82, 2.24) is 15.0 Å². The van der Waals surface area contributed by atoms with Crippen molar-refractivity contribution in [3.8, 4) is 0 Å². The van der Waals surface area contributed by atoms with Gasteiger partial charge in [0.05, 0.1) is 12.2 Å². The molecule has 1 N–H and O–H groups in total. The number of rotatable bonds is 8. The number of aromatic nitrogens is 3. The van der Waals surface area contributed by atoms with Crippen LogP contribution in [-0.2, 0) is 16.1 Å². The number of ether oxygens (including phenoxy) is 1. The van der Waals surface area contributed by atoms with E-state index in [9.17, 15) is 14.3 Å². The number of benzene rings is 1. The number of halogens is 1. The summed E-state index contributed by atoms with van der Waals surface area (Å²) in [5, 5.41) is 19.6. The van der Waals surface area contributed by atoms with Gasteiger partial charge in [-0.2, -0.15) is 9.90 Å². The fourth-order valence-electron chi connectivity index (χ4n) is 8.88. The Morgan fingerprint density at radius 3 is 2.68 bits per heavy atom. The van der Waals surface area contributed by atoms with Crippen LogP contribution < -0.4 is 0 Å². The highest BCUT2D eigenvalue weighted by molar-refractivity contribution is 5.82. The highest BCUT2D eigenvalue weighted by Gasteiger charge is 2.60. The molecule has 5 rings (SSSR count). The summed E-state index contributed by atoms with van der Waals surface area (Å²) in [5.74, 6) is 1.85. The van der Waals surface area contributed by atoms with Crippen LogP contribution in [0.25, 0.3) is 11.0 Å². The summed E-state index contributed by atoms with van der Waals surface area (Å²) in [4.78, 5) is 15.0. The Morgan fingerprint density at radius 2 is 1.97 bits per heavy atom. The molecule has 6 nitrogen and oxygen atoms in total. The second kappa shape index (κ2) is 9.71. The predicted molar refractivity (Wildman–Crippen MR) is 141 cm³/mol. The van der Waals surface area contributed by atoms with Crippen LogP contribution in [-0.4, -0.2) is 45.2 Å². The highest BCUT2D eigenvalue weighted by Crippen LogP contribution is 2.66. The Morgan fingerprint density at radius 1 is 1.19 bits per heavy atom. The molecule has 3 fully saturated rings. The standard InChI is InChI=1S/C30H44FN3O3/c1-6-28(2,36)16-19-10-11-20-21-12-13-23(29(21,3)15-14-22(20)30(19,4)18-37-5)26(35)17-34-32-25-9-7-8-24(31)27(25)33-34/h7-9,19-23,36H,6,10-18H2,1-5H3/t19-,20-,21-,22-,23+,28+,29-,30+/m0/s1. The number of carbonyl (C=O) groups is 1. The van der Waals surface area contributed by atoms with Gasteiger partial charge in [-0.25, -0.2) is 4.39 Å². The summed E-state index contributed by atoms with van der Waals surface area (Å²) < 4.78 is 19.9. The second-order valence-electron chi connectivity index (χ2n) is 13.1. The van der Waals surface area contributed by atoms with Crippen molar-refractivity contribution in [3.05, 3.63) is 24.0 Å². The number of hydrogen-bond donors (Lipinski definition) is 1. The average Bonchev–Trinajstić information content (AvgIpc) is 3.42. The minimum atomic E-state index is -0.644. The van der Waals surface area contributed by atoms with Crippen molar-refractivity contribution in [2.75, 3.05) is 13.7 Å². The normalized spacial score (nSPS) is 37.2. The van der Waals surface area contributed by atoms with Crippen LogP contribution in [0.15, 0.2) is 18.2 Å². The Balaban J connectivity index is 1.34. The summed E-state index contributed by atoms with van der Waals surface area (Å²) in [6.07, 6.45) is 7.99. The summed E-state index contributed by atoms with van der Waals surface area (Å²) in [6, 6.07) is 4.72. The highest BCUT2D eigenvalue weighted by atomic mass is 19.1. The molecule has 0 radical (unpaired) electrons. The quantitative estimate of drug-likeness (QED) is 0.482. The van der Waals surface area contributed by atoms with E-state index in [-0.39, 0.29) is 34.6 Å². The lowest BCUT2D eigenvalue weighted by molar-refractivity contribution is -0.144. The molecule has 8 atom stereocenters. The van der Waals surface area contributed by atoms with Gasteiger partial charge in [-0.3, -0.25) is 4.79 Å².